The second-order valence-corrected chi connectivity index (χ2v) is 8.03. The topological polar surface area (TPSA) is 131 Å². The van der Waals surface area contributed by atoms with Crippen molar-refractivity contribution in [1.82, 2.24) is 15.2 Å². The second kappa shape index (κ2) is 4.39. The molecule has 0 saturated carbocycles. The predicted octanol–water partition coefficient (Wildman–Crippen LogP) is -1.26. The van der Waals surface area contributed by atoms with Crippen LogP contribution in [0.1, 0.15) is 6.42 Å². The van der Waals surface area contributed by atoms with Gasteiger partial charge in [0.15, 0.2) is 9.84 Å². The molecule has 1 aromatic heterocycles. The molecule has 1 aliphatic rings. The Balaban J connectivity index is 2.13. The Morgan fingerprint density at radius 2 is 2.22 bits per heavy atom. The van der Waals surface area contributed by atoms with Crippen molar-refractivity contribution in [1.29, 1.82) is 0 Å². The third-order valence-electron chi connectivity index (χ3n) is 2.52. The first-order valence-corrected chi connectivity index (χ1v) is 8.37. The van der Waals surface area contributed by atoms with E-state index in [0.29, 0.717) is 0 Å². The molecule has 1 saturated heterocycles. The zero-order chi connectivity index (χ0) is 13.4. The van der Waals surface area contributed by atoms with Crippen LogP contribution in [0.4, 0.5) is 5.95 Å². The normalized spacial score (nSPS) is 22.8. The number of aromatic amines is 1. The number of hydrogen-bond acceptors (Lipinski definition) is 7. The molecular formula is C7H12N4O5S2. The average Bonchev–Trinajstić information content (AvgIpc) is 2.84. The molecule has 0 aliphatic carbocycles. The summed E-state index contributed by atoms with van der Waals surface area (Å²) in [6.07, 6.45) is 0.0862. The summed E-state index contributed by atoms with van der Waals surface area (Å²) in [5.74, 6) is -0.581. The Bertz CT molecular complexity index is 635. The molecule has 9 nitrogen and oxygen atoms in total. The number of methoxy groups -OCH3 is 1. The quantitative estimate of drug-likeness (QED) is 0.709. The third-order valence-corrected chi connectivity index (χ3v) is 6.25. The Morgan fingerprint density at radius 3 is 2.72 bits per heavy atom. The molecule has 0 spiro atoms. The van der Waals surface area contributed by atoms with Gasteiger partial charge in [-0.15, -0.1) is 5.10 Å². The lowest BCUT2D eigenvalue weighted by molar-refractivity contribution is 0.382. The van der Waals surface area contributed by atoms with E-state index in [0.717, 1.165) is 0 Å². The standard InChI is InChI=1S/C7H12N4O5S2/c1-16-7-8-6(9-10-7)11-18(14,15)5-2-3-17(12,13)4-5/h5H,2-4H2,1H3,(H2,8,9,10,11). The summed E-state index contributed by atoms with van der Waals surface area (Å²) in [5, 5.41) is 4.94. The van der Waals surface area contributed by atoms with Crippen molar-refractivity contribution >= 4 is 25.8 Å². The molecule has 1 aliphatic heterocycles. The summed E-state index contributed by atoms with van der Waals surface area (Å²) >= 11 is 0. The van der Waals surface area contributed by atoms with Gasteiger partial charge >= 0.3 is 6.01 Å². The smallest absolute Gasteiger partial charge is 0.336 e. The van der Waals surface area contributed by atoms with Crippen LogP contribution in [0.3, 0.4) is 0 Å². The number of aromatic nitrogens is 3. The Labute approximate surface area is 104 Å². The van der Waals surface area contributed by atoms with E-state index in [1.807, 2.05) is 0 Å². The maximum Gasteiger partial charge on any atom is 0.336 e. The van der Waals surface area contributed by atoms with Gasteiger partial charge in [0.2, 0.25) is 16.0 Å². The van der Waals surface area contributed by atoms with Gasteiger partial charge in [0.05, 0.1) is 23.9 Å². The first-order chi connectivity index (χ1) is 8.32. The maximum atomic E-state index is 11.9. The van der Waals surface area contributed by atoms with E-state index >= 15 is 0 Å². The van der Waals surface area contributed by atoms with Crippen LogP contribution < -0.4 is 9.46 Å². The van der Waals surface area contributed by atoms with Gasteiger partial charge in [-0.3, -0.25) is 4.72 Å². The van der Waals surface area contributed by atoms with Gasteiger partial charge in [-0.2, -0.15) is 4.98 Å². The van der Waals surface area contributed by atoms with Crippen molar-refractivity contribution < 1.29 is 21.6 Å². The molecule has 11 heteroatoms. The summed E-state index contributed by atoms with van der Waals surface area (Å²) in [6, 6.07) is -0.00764. The van der Waals surface area contributed by atoms with Crippen LogP contribution in [-0.2, 0) is 19.9 Å². The third kappa shape index (κ3) is 2.72. The zero-order valence-electron chi connectivity index (χ0n) is 9.45. The van der Waals surface area contributed by atoms with E-state index in [-0.39, 0.29) is 29.9 Å². The summed E-state index contributed by atoms with van der Waals surface area (Å²) in [4.78, 5) is 3.69. The lowest BCUT2D eigenvalue weighted by Gasteiger charge is -2.09. The summed E-state index contributed by atoms with van der Waals surface area (Å²) in [7, 11) is -5.72. The molecular weight excluding hydrogens is 284 g/mol. The monoisotopic (exact) mass is 296 g/mol. The number of nitrogens with one attached hydrogen (secondary N) is 2. The molecule has 102 valence electrons. The van der Waals surface area contributed by atoms with Crippen molar-refractivity contribution in [2.24, 2.45) is 0 Å². The van der Waals surface area contributed by atoms with Crippen LogP contribution in [0.15, 0.2) is 0 Å². The van der Waals surface area contributed by atoms with E-state index in [1.165, 1.54) is 7.11 Å². The number of hydrogen-bond donors (Lipinski definition) is 2. The summed E-state index contributed by atoms with van der Waals surface area (Å²) in [6.45, 7) is 0. The molecule has 1 fully saturated rings. The van der Waals surface area contributed by atoms with E-state index in [4.69, 9.17) is 0 Å². The number of anilines is 1. The first kappa shape index (κ1) is 13.1. The number of rotatable bonds is 4. The molecule has 1 aromatic rings. The minimum absolute atomic E-state index is 0.00764. The van der Waals surface area contributed by atoms with Gasteiger partial charge in [0.1, 0.15) is 0 Å². The maximum absolute atomic E-state index is 11.9. The SMILES string of the molecule is COc1n[nH]c(NS(=O)(=O)C2CCS(=O)(=O)C2)n1. The highest BCUT2D eigenvalue weighted by Crippen LogP contribution is 2.20. The Kier molecular flexibility index (Phi) is 3.19. The van der Waals surface area contributed by atoms with E-state index in [1.54, 1.807) is 0 Å². The van der Waals surface area contributed by atoms with Gasteiger partial charge in [0, 0.05) is 0 Å². The number of H-pyrrole nitrogens is 1. The molecule has 0 radical (unpaired) electrons. The molecule has 2 heterocycles. The largest absolute Gasteiger partial charge is 0.466 e. The number of ether oxygens (including phenoxy) is 1. The second-order valence-electron chi connectivity index (χ2n) is 3.84. The molecule has 1 atom stereocenters. The van der Waals surface area contributed by atoms with Crippen LogP contribution in [0.2, 0.25) is 0 Å². The Hall–Kier alpha value is -1.36. The highest BCUT2D eigenvalue weighted by Gasteiger charge is 2.37. The summed E-state index contributed by atoms with van der Waals surface area (Å²) < 4.78 is 53.1. The van der Waals surface area contributed by atoms with Crippen LogP contribution >= 0.6 is 0 Å². The fraction of sp³-hybridized carbons (Fsp3) is 0.714. The van der Waals surface area contributed by atoms with Crippen LogP contribution in [-0.4, -0.2) is 55.9 Å². The van der Waals surface area contributed by atoms with E-state index < -0.39 is 25.1 Å². The van der Waals surface area contributed by atoms with E-state index in [2.05, 4.69) is 24.6 Å². The minimum atomic E-state index is -3.80. The van der Waals surface area contributed by atoms with Crippen molar-refractivity contribution in [3.05, 3.63) is 0 Å². The average molecular weight is 296 g/mol. The molecule has 0 amide bonds. The highest BCUT2D eigenvalue weighted by atomic mass is 32.2. The van der Waals surface area contributed by atoms with Crippen LogP contribution in [0.5, 0.6) is 6.01 Å². The summed E-state index contributed by atoms with van der Waals surface area (Å²) in [5.41, 5.74) is 0. The number of nitrogens with zero attached hydrogens (tertiary/aromatic N) is 2. The number of sulfonamides is 1. The lowest BCUT2D eigenvalue weighted by atomic mass is 10.4. The molecule has 2 N–H and O–H groups in total. The first-order valence-electron chi connectivity index (χ1n) is 5.01. The van der Waals surface area contributed by atoms with Gasteiger partial charge < -0.3 is 4.74 Å². The van der Waals surface area contributed by atoms with Crippen molar-refractivity contribution in [2.45, 2.75) is 11.7 Å². The molecule has 0 aromatic carbocycles. The van der Waals surface area contributed by atoms with Crippen molar-refractivity contribution in [2.75, 3.05) is 23.3 Å². The molecule has 0 bridgehead atoms. The van der Waals surface area contributed by atoms with Crippen LogP contribution in [0.25, 0.3) is 0 Å². The van der Waals surface area contributed by atoms with E-state index in [9.17, 15) is 16.8 Å². The lowest BCUT2D eigenvalue weighted by Crippen LogP contribution is -2.29. The number of sulfone groups is 1. The van der Waals surface area contributed by atoms with Gasteiger partial charge in [-0.25, -0.2) is 21.9 Å². The van der Waals surface area contributed by atoms with Crippen LogP contribution in [0, 0.1) is 0 Å². The molecule has 2 rings (SSSR count). The van der Waals surface area contributed by atoms with Crippen molar-refractivity contribution in [3.63, 3.8) is 0 Å². The molecule has 1 unspecified atom stereocenters. The van der Waals surface area contributed by atoms with Gasteiger partial charge in [0.25, 0.3) is 0 Å². The van der Waals surface area contributed by atoms with Gasteiger partial charge in [-0.05, 0) is 6.42 Å². The fourth-order valence-electron chi connectivity index (χ4n) is 1.61. The van der Waals surface area contributed by atoms with Crippen molar-refractivity contribution in [3.8, 4) is 6.01 Å². The zero-order valence-corrected chi connectivity index (χ0v) is 11.1. The minimum Gasteiger partial charge on any atom is -0.466 e. The van der Waals surface area contributed by atoms with Gasteiger partial charge in [-0.1, -0.05) is 0 Å². The fourth-order valence-corrected chi connectivity index (χ4v) is 5.59. The predicted molar refractivity (Wildman–Crippen MR) is 62.5 cm³/mol. The Morgan fingerprint density at radius 1 is 1.50 bits per heavy atom. The highest BCUT2D eigenvalue weighted by molar-refractivity contribution is 7.97. The molecule has 18 heavy (non-hydrogen) atoms.